The molecule has 0 spiro atoms. The standard InChI is InChI=1S/C14H21NO4S/c1-10(16)12-4-3-5-14(8-12)20(18,19)15(2)9-11-6-13(17)7-11/h3-5,8,10-11,13,16-17H,6-7,9H2,1-2H3. The molecule has 1 atom stereocenters. The van der Waals surface area contributed by atoms with E-state index in [1.165, 1.54) is 16.4 Å². The van der Waals surface area contributed by atoms with Crippen LogP contribution in [0.3, 0.4) is 0 Å². The molecule has 1 fully saturated rings. The maximum atomic E-state index is 12.4. The number of benzene rings is 1. The quantitative estimate of drug-likeness (QED) is 0.854. The molecule has 0 amide bonds. The zero-order chi connectivity index (χ0) is 14.9. The summed E-state index contributed by atoms with van der Waals surface area (Å²) in [5, 5.41) is 18.8. The Balaban J connectivity index is 2.14. The highest BCUT2D eigenvalue weighted by molar-refractivity contribution is 7.89. The van der Waals surface area contributed by atoms with Crippen LogP contribution in [0.25, 0.3) is 0 Å². The van der Waals surface area contributed by atoms with Crippen molar-refractivity contribution >= 4 is 10.0 Å². The molecule has 1 unspecified atom stereocenters. The molecule has 0 aliphatic heterocycles. The molecule has 2 N–H and O–H groups in total. The van der Waals surface area contributed by atoms with Gasteiger partial charge in [0.15, 0.2) is 0 Å². The Bertz CT molecular complexity index is 564. The first-order valence-corrected chi connectivity index (χ1v) is 8.17. The summed E-state index contributed by atoms with van der Waals surface area (Å²) in [5.74, 6) is 0.227. The van der Waals surface area contributed by atoms with Crippen molar-refractivity contribution in [2.24, 2.45) is 5.92 Å². The predicted molar refractivity (Wildman–Crippen MR) is 75.6 cm³/mol. The van der Waals surface area contributed by atoms with E-state index < -0.39 is 16.1 Å². The minimum Gasteiger partial charge on any atom is -0.393 e. The van der Waals surface area contributed by atoms with Crippen LogP contribution in [0.15, 0.2) is 29.2 Å². The van der Waals surface area contributed by atoms with Gasteiger partial charge >= 0.3 is 0 Å². The van der Waals surface area contributed by atoms with E-state index in [1.54, 1.807) is 26.1 Å². The maximum absolute atomic E-state index is 12.4. The number of hydrogen-bond donors (Lipinski definition) is 2. The van der Waals surface area contributed by atoms with E-state index in [1.807, 2.05) is 0 Å². The molecule has 0 radical (unpaired) electrons. The van der Waals surface area contributed by atoms with Gasteiger partial charge in [0.05, 0.1) is 17.1 Å². The van der Waals surface area contributed by atoms with Gasteiger partial charge in [-0.2, -0.15) is 0 Å². The Labute approximate surface area is 119 Å². The third-order valence-electron chi connectivity index (χ3n) is 3.77. The van der Waals surface area contributed by atoms with E-state index in [0.29, 0.717) is 24.9 Å². The fourth-order valence-corrected chi connectivity index (χ4v) is 3.73. The second-order valence-corrected chi connectivity index (χ2v) is 7.57. The van der Waals surface area contributed by atoms with Crippen LogP contribution in [-0.4, -0.2) is 42.6 Å². The molecule has 1 aromatic carbocycles. The highest BCUT2D eigenvalue weighted by Gasteiger charge is 2.31. The SMILES string of the molecule is CC(O)c1cccc(S(=O)(=O)N(C)CC2CC(O)C2)c1. The smallest absolute Gasteiger partial charge is 0.242 e. The summed E-state index contributed by atoms with van der Waals surface area (Å²) in [4.78, 5) is 0.193. The number of hydrogen-bond acceptors (Lipinski definition) is 4. The maximum Gasteiger partial charge on any atom is 0.242 e. The minimum absolute atomic E-state index is 0.193. The van der Waals surface area contributed by atoms with E-state index >= 15 is 0 Å². The normalized spacial score (nSPS) is 24.4. The number of aliphatic hydroxyl groups is 2. The molecule has 1 aliphatic carbocycles. The molecular weight excluding hydrogens is 278 g/mol. The van der Waals surface area contributed by atoms with Crippen LogP contribution in [0.1, 0.15) is 31.4 Å². The van der Waals surface area contributed by atoms with Crippen molar-refractivity contribution in [2.75, 3.05) is 13.6 Å². The predicted octanol–water partition coefficient (Wildman–Crippen LogP) is 1.13. The van der Waals surface area contributed by atoms with Crippen molar-refractivity contribution in [1.29, 1.82) is 0 Å². The third kappa shape index (κ3) is 3.20. The van der Waals surface area contributed by atoms with Crippen molar-refractivity contribution in [1.82, 2.24) is 4.31 Å². The van der Waals surface area contributed by atoms with Gasteiger partial charge < -0.3 is 10.2 Å². The molecule has 1 saturated carbocycles. The molecule has 6 heteroatoms. The molecule has 1 aliphatic rings. The van der Waals surface area contributed by atoms with E-state index in [9.17, 15) is 18.6 Å². The van der Waals surface area contributed by atoms with Crippen molar-refractivity contribution in [3.8, 4) is 0 Å². The molecule has 0 saturated heterocycles. The average Bonchev–Trinajstić information content (AvgIpc) is 2.36. The first kappa shape index (κ1) is 15.4. The van der Waals surface area contributed by atoms with Gasteiger partial charge in [-0.25, -0.2) is 12.7 Å². The highest BCUT2D eigenvalue weighted by Crippen LogP contribution is 2.29. The zero-order valence-corrected chi connectivity index (χ0v) is 12.5. The molecule has 2 rings (SSSR count). The van der Waals surface area contributed by atoms with E-state index in [-0.39, 0.29) is 16.9 Å². The Kier molecular flexibility index (Phi) is 4.49. The molecule has 0 bridgehead atoms. The minimum atomic E-state index is -3.54. The first-order chi connectivity index (χ1) is 9.30. The Morgan fingerprint density at radius 3 is 2.60 bits per heavy atom. The summed E-state index contributed by atoms with van der Waals surface area (Å²) in [6.45, 7) is 2.02. The van der Waals surface area contributed by atoms with Crippen LogP contribution >= 0.6 is 0 Å². The molecular formula is C14H21NO4S. The molecule has 0 aromatic heterocycles. The highest BCUT2D eigenvalue weighted by atomic mass is 32.2. The molecule has 0 heterocycles. The molecule has 20 heavy (non-hydrogen) atoms. The van der Waals surface area contributed by atoms with Crippen LogP contribution in [-0.2, 0) is 10.0 Å². The van der Waals surface area contributed by atoms with E-state index in [2.05, 4.69) is 0 Å². The summed E-state index contributed by atoms with van der Waals surface area (Å²) in [6.07, 6.45) is 0.341. The third-order valence-corrected chi connectivity index (χ3v) is 5.59. The number of nitrogens with zero attached hydrogens (tertiary/aromatic N) is 1. The van der Waals surface area contributed by atoms with Gasteiger partial charge in [-0.05, 0) is 43.4 Å². The lowest BCUT2D eigenvalue weighted by atomic mass is 9.82. The molecule has 5 nitrogen and oxygen atoms in total. The first-order valence-electron chi connectivity index (χ1n) is 6.73. The summed E-state index contributed by atoms with van der Waals surface area (Å²) in [7, 11) is -1.99. The van der Waals surface area contributed by atoms with Crippen molar-refractivity contribution in [3.05, 3.63) is 29.8 Å². The van der Waals surface area contributed by atoms with Crippen molar-refractivity contribution in [3.63, 3.8) is 0 Å². The largest absolute Gasteiger partial charge is 0.393 e. The van der Waals surface area contributed by atoms with E-state index in [4.69, 9.17) is 0 Å². The Hall–Kier alpha value is -0.950. The Morgan fingerprint density at radius 2 is 2.05 bits per heavy atom. The average molecular weight is 299 g/mol. The summed E-state index contributed by atoms with van der Waals surface area (Å²) >= 11 is 0. The zero-order valence-electron chi connectivity index (χ0n) is 11.7. The van der Waals surface area contributed by atoms with Gasteiger partial charge in [0.2, 0.25) is 10.0 Å². The molecule has 1 aromatic rings. The van der Waals surface area contributed by atoms with Gasteiger partial charge in [-0.15, -0.1) is 0 Å². The summed E-state index contributed by atoms with van der Waals surface area (Å²) in [6, 6.07) is 6.38. The topological polar surface area (TPSA) is 77.8 Å². The van der Waals surface area contributed by atoms with Gasteiger partial charge in [-0.3, -0.25) is 0 Å². The summed E-state index contributed by atoms with van der Waals surface area (Å²) < 4.78 is 26.2. The fraction of sp³-hybridized carbons (Fsp3) is 0.571. The van der Waals surface area contributed by atoms with Crippen LogP contribution in [0, 0.1) is 5.92 Å². The fourth-order valence-electron chi connectivity index (χ4n) is 2.43. The monoisotopic (exact) mass is 299 g/mol. The van der Waals surface area contributed by atoms with Crippen LogP contribution in [0.2, 0.25) is 0 Å². The van der Waals surface area contributed by atoms with Crippen LogP contribution in [0.4, 0.5) is 0 Å². The van der Waals surface area contributed by atoms with Gasteiger partial charge in [-0.1, -0.05) is 12.1 Å². The lowest BCUT2D eigenvalue weighted by Crippen LogP contribution is -2.39. The molecule has 112 valence electrons. The second kappa shape index (κ2) is 5.81. The lowest BCUT2D eigenvalue weighted by Gasteiger charge is -2.34. The lowest BCUT2D eigenvalue weighted by molar-refractivity contribution is 0.0367. The van der Waals surface area contributed by atoms with Gasteiger partial charge in [0, 0.05) is 13.6 Å². The van der Waals surface area contributed by atoms with Gasteiger partial charge in [0.1, 0.15) is 0 Å². The number of sulfonamides is 1. The van der Waals surface area contributed by atoms with Crippen LogP contribution in [0.5, 0.6) is 0 Å². The Morgan fingerprint density at radius 1 is 1.40 bits per heavy atom. The summed E-state index contributed by atoms with van der Waals surface area (Å²) in [5.41, 5.74) is 0.582. The second-order valence-electron chi connectivity index (χ2n) is 5.53. The van der Waals surface area contributed by atoms with Gasteiger partial charge in [0.25, 0.3) is 0 Å². The number of rotatable bonds is 5. The van der Waals surface area contributed by atoms with E-state index in [0.717, 1.165) is 0 Å². The van der Waals surface area contributed by atoms with Crippen molar-refractivity contribution in [2.45, 2.75) is 36.9 Å². The number of aliphatic hydroxyl groups excluding tert-OH is 2. The van der Waals surface area contributed by atoms with Crippen molar-refractivity contribution < 1.29 is 18.6 Å². The van der Waals surface area contributed by atoms with Crippen LogP contribution < -0.4 is 0 Å².